The van der Waals surface area contributed by atoms with Gasteiger partial charge in [0.1, 0.15) is 17.9 Å². The molecular formula is C24H25ClN6O4. The first-order chi connectivity index (χ1) is 16.8. The summed E-state index contributed by atoms with van der Waals surface area (Å²) < 4.78 is 0. The molecule has 0 radical (unpaired) electrons. The number of nitrogens with zero attached hydrogens (tertiary/aromatic N) is 2. The van der Waals surface area contributed by atoms with Crippen LogP contribution in [0.25, 0.3) is 22.6 Å². The summed E-state index contributed by atoms with van der Waals surface area (Å²) >= 11 is 6.49. The molecule has 4 rings (SSSR count). The summed E-state index contributed by atoms with van der Waals surface area (Å²) in [6.45, 7) is 1.56. The van der Waals surface area contributed by atoms with Crippen molar-refractivity contribution < 1.29 is 19.5 Å². The number of hydrogen-bond donors (Lipinski definition) is 5. The first kappa shape index (κ1) is 24.2. The van der Waals surface area contributed by atoms with Gasteiger partial charge in [-0.1, -0.05) is 42.8 Å². The average Bonchev–Trinajstić information content (AvgIpc) is 3.28. The number of carboxylic acids is 1. The number of fused-ring (bicyclic) bond motifs is 1. The van der Waals surface area contributed by atoms with Crippen molar-refractivity contribution in [2.75, 3.05) is 11.9 Å². The van der Waals surface area contributed by atoms with Crippen LogP contribution in [0.2, 0.25) is 5.02 Å². The van der Waals surface area contributed by atoms with Crippen molar-refractivity contribution in [3.05, 3.63) is 53.2 Å². The maximum Gasteiger partial charge on any atom is 0.322 e. The number of aromatic nitrogens is 3. The molecular weight excluding hydrogens is 472 g/mol. The quantitative estimate of drug-likeness (QED) is 0.299. The van der Waals surface area contributed by atoms with Gasteiger partial charge in [0, 0.05) is 17.2 Å². The highest BCUT2D eigenvalue weighted by molar-refractivity contribution is 6.34. The highest BCUT2D eigenvalue weighted by Crippen LogP contribution is 2.35. The SMILES string of the molecule is CCC1C=CCC(Nc2c(Cl)cnc3nc(-c4ccc(C(=O)NCC(=O)O)cc4)[nH]c23)C1C(N)=O. The van der Waals surface area contributed by atoms with Crippen LogP contribution >= 0.6 is 11.6 Å². The summed E-state index contributed by atoms with van der Waals surface area (Å²) in [6.07, 6.45) is 7.00. The molecule has 2 aromatic heterocycles. The molecule has 182 valence electrons. The van der Waals surface area contributed by atoms with Crippen molar-refractivity contribution in [1.82, 2.24) is 20.3 Å². The van der Waals surface area contributed by atoms with Crippen LogP contribution in [-0.2, 0) is 9.59 Å². The lowest BCUT2D eigenvalue weighted by Gasteiger charge is -2.33. The first-order valence-electron chi connectivity index (χ1n) is 11.2. The molecule has 0 fully saturated rings. The van der Waals surface area contributed by atoms with Crippen molar-refractivity contribution in [2.24, 2.45) is 17.6 Å². The molecule has 6 N–H and O–H groups in total. The number of allylic oxidation sites excluding steroid dienone is 1. The van der Waals surface area contributed by atoms with Gasteiger partial charge < -0.3 is 26.5 Å². The Kier molecular flexibility index (Phi) is 7.02. The molecule has 10 nitrogen and oxygen atoms in total. The molecule has 3 unspecified atom stereocenters. The Morgan fingerprint density at radius 3 is 2.66 bits per heavy atom. The van der Waals surface area contributed by atoms with Crippen LogP contribution in [0.5, 0.6) is 0 Å². The highest BCUT2D eigenvalue weighted by atomic mass is 35.5. The van der Waals surface area contributed by atoms with Crippen LogP contribution in [0.1, 0.15) is 30.1 Å². The van der Waals surface area contributed by atoms with Gasteiger partial charge in [-0.05, 0) is 30.9 Å². The molecule has 1 aliphatic carbocycles. The fourth-order valence-corrected chi connectivity index (χ4v) is 4.54. The number of aromatic amines is 1. The van der Waals surface area contributed by atoms with Gasteiger partial charge in [0.25, 0.3) is 5.91 Å². The molecule has 35 heavy (non-hydrogen) atoms. The molecule has 0 saturated heterocycles. The van der Waals surface area contributed by atoms with Crippen LogP contribution in [0.15, 0.2) is 42.6 Å². The number of benzene rings is 1. The number of carboxylic acid groups (broad SMARTS) is 1. The summed E-state index contributed by atoms with van der Waals surface area (Å²) in [4.78, 5) is 47.0. The number of primary amides is 1. The Bertz CT molecular complexity index is 1300. The van der Waals surface area contributed by atoms with E-state index < -0.39 is 18.4 Å². The molecule has 3 aromatic rings. The number of hydrogen-bond acceptors (Lipinski definition) is 6. The van der Waals surface area contributed by atoms with Gasteiger partial charge >= 0.3 is 5.97 Å². The van der Waals surface area contributed by atoms with E-state index >= 15 is 0 Å². The molecule has 3 atom stereocenters. The Morgan fingerprint density at radius 2 is 2.00 bits per heavy atom. The van der Waals surface area contributed by atoms with E-state index in [0.29, 0.717) is 45.2 Å². The van der Waals surface area contributed by atoms with Crippen molar-refractivity contribution in [3.8, 4) is 11.4 Å². The van der Waals surface area contributed by atoms with Crippen LogP contribution < -0.4 is 16.4 Å². The van der Waals surface area contributed by atoms with Crippen LogP contribution in [0.4, 0.5) is 5.69 Å². The van der Waals surface area contributed by atoms with Gasteiger partial charge in [-0.25, -0.2) is 9.97 Å². The van der Waals surface area contributed by atoms with E-state index in [1.54, 1.807) is 24.3 Å². The summed E-state index contributed by atoms with van der Waals surface area (Å²) in [5.41, 5.74) is 8.36. The zero-order valence-corrected chi connectivity index (χ0v) is 19.7. The van der Waals surface area contributed by atoms with Crippen LogP contribution in [-0.4, -0.2) is 50.4 Å². The Morgan fingerprint density at radius 1 is 1.26 bits per heavy atom. The summed E-state index contributed by atoms with van der Waals surface area (Å²) in [5.74, 6) is -1.80. The van der Waals surface area contributed by atoms with E-state index in [-0.39, 0.29) is 23.8 Å². The molecule has 0 bridgehead atoms. The molecule has 0 spiro atoms. The Balaban J connectivity index is 1.62. The summed E-state index contributed by atoms with van der Waals surface area (Å²) in [7, 11) is 0. The number of carbonyl (C=O) groups excluding carboxylic acids is 2. The molecule has 2 amide bonds. The van der Waals surface area contributed by atoms with E-state index in [9.17, 15) is 14.4 Å². The van der Waals surface area contributed by atoms with Crippen molar-refractivity contribution in [3.63, 3.8) is 0 Å². The summed E-state index contributed by atoms with van der Waals surface area (Å²) in [5, 5.41) is 14.8. The Hall–Kier alpha value is -3.92. The number of anilines is 1. The predicted molar refractivity (Wildman–Crippen MR) is 132 cm³/mol. The number of pyridine rings is 1. The smallest absolute Gasteiger partial charge is 0.322 e. The normalized spacial score (nSPS) is 19.4. The number of rotatable bonds is 8. The van der Waals surface area contributed by atoms with Crippen molar-refractivity contribution in [2.45, 2.75) is 25.8 Å². The monoisotopic (exact) mass is 496 g/mol. The molecule has 2 heterocycles. The number of carbonyl (C=O) groups is 3. The zero-order chi connectivity index (χ0) is 25.1. The number of H-pyrrole nitrogens is 1. The van der Waals surface area contributed by atoms with Crippen molar-refractivity contribution >= 4 is 46.2 Å². The van der Waals surface area contributed by atoms with E-state index in [1.807, 2.05) is 19.1 Å². The molecule has 1 aromatic carbocycles. The molecule has 11 heteroatoms. The number of imidazole rings is 1. The lowest BCUT2D eigenvalue weighted by Crippen LogP contribution is -2.43. The predicted octanol–water partition coefficient (Wildman–Crippen LogP) is 2.96. The van der Waals surface area contributed by atoms with E-state index in [4.69, 9.17) is 22.4 Å². The zero-order valence-electron chi connectivity index (χ0n) is 18.9. The van der Waals surface area contributed by atoms with E-state index in [0.717, 1.165) is 6.42 Å². The second-order valence-corrected chi connectivity index (χ2v) is 8.74. The van der Waals surface area contributed by atoms with Gasteiger partial charge in [0.15, 0.2) is 5.65 Å². The lowest BCUT2D eigenvalue weighted by molar-refractivity contribution is -0.135. The maximum atomic E-state index is 12.2. The Labute approximate surface area is 206 Å². The lowest BCUT2D eigenvalue weighted by atomic mass is 9.78. The third kappa shape index (κ3) is 5.12. The van der Waals surface area contributed by atoms with Gasteiger partial charge in [-0.2, -0.15) is 0 Å². The van der Waals surface area contributed by atoms with Crippen LogP contribution in [0.3, 0.4) is 0 Å². The minimum Gasteiger partial charge on any atom is -0.480 e. The number of halogens is 1. The van der Waals surface area contributed by atoms with E-state index in [2.05, 4.69) is 25.6 Å². The minimum absolute atomic E-state index is 0.0402. The summed E-state index contributed by atoms with van der Waals surface area (Å²) in [6, 6.07) is 6.32. The van der Waals surface area contributed by atoms with Crippen LogP contribution in [0, 0.1) is 11.8 Å². The topological polar surface area (TPSA) is 163 Å². The first-order valence-corrected chi connectivity index (χ1v) is 11.5. The largest absolute Gasteiger partial charge is 0.480 e. The number of amides is 2. The second kappa shape index (κ2) is 10.1. The van der Waals surface area contributed by atoms with Gasteiger partial charge in [0.05, 0.1) is 22.8 Å². The van der Waals surface area contributed by atoms with Gasteiger partial charge in [-0.3, -0.25) is 14.4 Å². The molecule has 0 aliphatic heterocycles. The second-order valence-electron chi connectivity index (χ2n) is 8.33. The average molecular weight is 497 g/mol. The molecule has 1 aliphatic rings. The third-order valence-electron chi connectivity index (χ3n) is 6.09. The number of aliphatic carboxylic acids is 1. The van der Waals surface area contributed by atoms with E-state index in [1.165, 1.54) is 6.20 Å². The highest BCUT2D eigenvalue weighted by Gasteiger charge is 2.34. The van der Waals surface area contributed by atoms with Crippen molar-refractivity contribution in [1.29, 1.82) is 0 Å². The molecule has 0 saturated carbocycles. The number of nitrogens with two attached hydrogens (primary N) is 1. The van der Waals surface area contributed by atoms with Gasteiger partial charge in [-0.15, -0.1) is 0 Å². The standard InChI is InChI=1S/C24H25ClN6O4/c1-2-12-4-3-5-16(18(12)21(26)34)29-19-15(25)10-27-23-20(19)30-22(31-23)13-6-8-14(9-7-13)24(35)28-11-17(32)33/h3-4,6-10,12,16,18H,2,5,11H2,1H3,(H2,26,34)(H,28,35)(H,32,33)(H2,27,29,30,31). The fourth-order valence-electron chi connectivity index (χ4n) is 4.35. The fraction of sp³-hybridized carbons (Fsp3) is 0.292. The van der Waals surface area contributed by atoms with Gasteiger partial charge in [0.2, 0.25) is 5.91 Å². The maximum absolute atomic E-state index is 12.2. The minimum atomic E-state index is -1.12. The number of nitrogens with one attached hydrogen (secondary N) is 3. The third-order valence-corrected chi connectivity index (χ3v) is 6.38.